The molecule has 0 spiro atoms. The molecule has 0 fully saturated rings. The van der Waals surface area contributed by atoms with Crippen LogP contribution in [0.4, 0.5) is 9.52 Å². The molecule has 1 heterocycles. The Morgan fingerprint density at radius 2 is 2.00 bits per heavy atom. The van der Waals surface area contributed by atoms with Crippen LogP contribution in [0.3, 0.4) is 0 Å². The largest absolute Gasteiger partial charge is 0.493 e. The average Bonchev–Trinajstić information content (AvgIpc) is 3.04. The molecule has 1 N–H and O–H groups in total. The number of aromatic nitrogens is 2. The summed E-state index contributed by atoms with van der Waals surface area (Å²) in [5.74, 6) is 0.286. The van der Waals surface area contributed by atoms with Crippen LogP contribution in [0.5, 0.6) is 5.75 Å². The second-order valence-electron chi connectivity index (χ2n) is 5.77. The summed E-state index contributed by atoms with van der Waals surface area (Å²) in [5, 5.41) is 12.0. The van der Waals surface area contributed by atoms with Crippen molar-refractivity contribution >= 4 is 22.4 Å². The van der Waals surface area contributed by atoms with E-state index in [0.717, 1.165) is 21.9 Å². The maximum absolute atomic E-state index is 12.9. The smallest absolute Gasteiger partial charge is 0.230 e. The summed E-state index contributed by atoms with van der Waals surface area (Å²) in [4.78, 5) is 12.0. The van der Waals surface area contributed by atoms with Gasteiger partial charge in [-0.2, -0.15) is 0 Å². The van der Waals surface area contributed by atoms with Gasteiger partial charge in [-0.3, -0.25) is 4.79 Å². The lowest BCUT2D eigenvalue weighted by molar-refractivity contribution is -0.115. The maximum Gasteiger partial charge on any atom is 0.230 e. The van der Waals surface area contributed by atoms with Gasteiger partial charge in [0, 0.05) is 6.42 Å². The van der Waals surface area contributed by atoms with Crippen molar-refractivity contribution in [1.82, 2.24) is 10.2 Å². The Morgan fingerprint density at radius 3 is 2.77 bits per heavy atom. The molecule has 0 saturated carbocycles. The van der Waals surface area contributed by atoms with Gasteiger partial charge in [-0.25, -0.2) is 4.39 Å². The van der Waals surface area contributed by atoms with Crippen LogP contribution < -0.4 is 10.1 Å². The topological polar surface area (TPSA) is 64.1 Å². The second-order valence-corrected chi connectivity index (χ2v) is 6.83. The van der Waals surface area contributed by atoms with Crippen LogP contribution in [0.2, 0.25) is 0 Å². The van der Waals surface area contributed by atoms with E-state index < -0.39 is 0 Å². The zero-order chi connectivity index (χ0) is 18.4. The van der Waals surface area contributed by atoms with Gasteiger partial charge in [0.05, 0.1) is 13.0 Å². The average molecular weight is 371 g/mol. The third-order valence-electron chi connectivity index (χ3n) is 3.57. The minimum absolute atomic E-state index is 0.158. The van der Waals surface area contributed by atoms with Gasteiger partial charge in [0.2, 0.25) is 11.0 Å². The predicted molar refractivity (Wildman–Crippen MR) is 99.0 cm³/mol. The molecule has 0 unspecified atom stereocenters. The van der Waals surface area contributed by atoms with Gasteiger partial charge in [0.15, 0.2) is 0 Å². The molecule has 1 amide bonds. The van der Waals surface area contributed by atoms with Gasteiger partial charge in [-0.15, -0.1) is 10.2 Å². The molecule has 5 nitrogen and oxygen atoms in total. The van der Waals surface area contributed by atoms with Crippen LogP contribution in [0.25, 0.3) is 0 Å². The van der Waals surface area contributed by atoms with E-state index in [4.69, 9.17) is 4.74 Å². The highest BCUT2D eigenvalue weighted by atomic mass is 32.1. The molecule has 134 valence electrons. The number of nitrogens with zero attached hydrogens (tertiary/aromatic N) is 2. The quantitative estimate of drug-likeness (QED) is 0.686. The first-order valence-electron chi connectivity index (χ1n) is 8.14. The Balaban J connectivity index is 1.46. The van der Waals surface area contributed by atoms with Gasteiger partial charge < -0.3 is 10.1 Å². The molecule has 0 aliphatic heterocycles. The van der Waals surface area contributed by atoms with Gasteiger partial charge in [-0.05, 0) is 42.3 Å². The van der Waals surface area contributed by atoms with Crippen molar-refractivity contribution in [3.05, 3.63) is 70.5 Å². The van der Waals surface area contributed by atoms with E-state index in [1.54, 1.807) is 12.1 Å². The van der Waals surface area contributed by atoms with Crippen LogP contribution in [0, 0.1) is 12.7 Å². The van der Waals surface area contributed by atoms with Gasteiger partial charge in [-0.1, -0.05) is 35.6 Å². The number of amides is 1. The summed E-state index contributed by atoms with van der Waals surface area (Å²) in [6.45, 7) is 2.50. The Kier molecular flexibility index (Phi) is 5.91. The van der Waals surface area contributed by atoms with E-state index in [1.807, 2.05) is 31.2 Å². The number of nitrogens with one attached hydrogen (secondary N) is 1. The molecule has 3 aromatic rings. The number of benzene rings is 2. The number of hydrogen-bond donors (Lipinski definition) is 1. The summed E-state index contributed by atoms with van der Waals surface area (Å²) >= 11 is 1.32. The molecule has 3 rings (SSSR count). The Labute approximate surface area is 154 Å². The molecule has 0 bridgehead atoms. The fourth-order valence-corrected chi connectivity index (χ4v) is 3.05. The van der Waals surface area contributed by atoms with Gasteiger partial charge >= 0.3 is 0 Å². The lowest BCUT2D eigenvalue weighted by Crippen LogP contribution is -2.14. The highest BCUT2D eigenvalue weighted by molar-refractivity contribution is 7.15. The zero-order valence-corrected chi connectivity index (χ0v) is 15.1. The van der Waals surface area contributed by atoms with Crippen molar-refractivity contribution < 1.29 is 13.9 Å². The molecule has 0 aliphatic carbocycles. The van der Waals surface area contributed by atoms with Crippen LogP contribution in [0.1, 0.15) is 16.1 Å². The molecule has 0 atom stereocenters. The number of anilines is 1. The second kappa shape index (κ2) is 8.53. The molecule has 0 aliphatic rings. The van der Waals surface area contributed by atoms with Crippen LogP contribution in [-0.2, 0) is 17.6 Å². The number of carbonyl (C=O) groups is 1. The normalized spacial score (nSPS) is 10.5. The molecular weight excluding hydrogens is 353 g/mol. The number of rotatable bonds is 7. The monoisotopic (exact) mass is 371 g/mol. The zero-order valence-electron chi connectivity index (χ0n) is 14.2. The van der Waals surface area contributed by atoms with Crippen molar-refractivity contribution in [2.24, 2.45) is 0 Å². The minimum atomic E-state index is -0.323. The van der Waals surface area contributed by atoms with E-state index >= 15 is 0 Å². The lowest BCUT2D eigenvalue weighted by atomic mass is 10.1. The van der Waals surface area contributed by atoms with Crippen molar-refractivity contribution in [3.63, 3.8) is 0 Å². The van der Waals surface area contributed by atoms with Crippen molar-refractivity contribution in [2.45, 2.75) is 19.8 Å². The summed E-state index contributed by atoms with van der Waals surface area (Å²) in [7, 11) is 0. The van der Waals surface area contributed by atoms with E-state index in [2.05, 4.69) is 15.5 Å². The number of aryl methyl sites for hydroxylation is 1. The summed E-state index contributed by atoms with van der Waals surface area (Å²) in [5.41, 5.74) is 1.88. The van der Waals surface area contributed by atoms with E-state index in [0.29, 0.717) is 18.2 Å². The Bertz CT molecular complexity index is 881. The molecule has 1 aromatic heterocycles. The number of halogens is 1. The van der Waals surface area contributed by atoms with Crippen molar-refractivity contribution in [2.75, 3.05) is 11.9 Å². The predicted octanol–water partition coefficient (Wildman–Crippen LogP) is 3.79. The molecule has 0 saturated heterocycles. The summed E-state index contributed by atoms with van der Waals surface area (Å²) < 4.78 is 18.6. The standard InChI is InChI=1S/C19H18FN3O2S/c1-13-3-2-4-16(11-13)25-10-9-18-22-23-19(26-18)21-17(24)12-14-5-7-15(20)8-6-14/h2-8,11H,9-10,12H2,1H3,(H,21,23,24). The van der Waals surface area contributed by atoms with E-state index in [1.165, 1.54) is 23.5 Å². The van der Waals surface area contributed by atoms with Crippen LogP contribution in [-0.4, -0.2) is 22.7 Å². The third kappa shape index (κ3) is 5.35. The van der Waals surface area contributed by atoms with Crippen molar-refractivity contribution in [3.8, 4) is 5.75 Å². The first kappa shape index (κ1) is 18.0. The van der Waals surface area contributed by atoms with Crippen LogP contribution >= 0.6 is 11.3 Å². The third-order valence-corrected chi connectivity index (χ3v) is 4.46. The summed E-state index contributed by atoms with van der Waals surface area (Å²) in [6, 6.07) is 13.7. The molecular formula is C19H18FN3O2S. The fraction of sp³-hybridized carbons (Fsp3) is 0.211. The highest BCUT2D eigenvalue weighted by Gasteiger charge is 2.09. The lowest BCUT2D eigenvalue weighted by Gasteiger charge is -2.05. The fourth-order valence-electron chi connectivity index (χ4n) is 2.32. The van der Waals surface area contributed by atoms with E-state index in [-0.39, 0.29) is 18.1 Å². The van der Waals surface area contributed by atoms with Gasteiger partial charge in [0.25, 0.3) is 0 Å². The van der Waals surface area contributed by atoms with Crippen molar-refractivity contribution in [1.29, 1.82) is 0 Å². The first-order chi connectivity index (χ1) is 12.6. The molecule has 0 radical (unpaired) electrons. The number of carbonyl (C=O) groups excluding carboxylic acids is 1. The highest BCUT2D eigenvalue weighted by Crippen LogP contribution is 2.17. The first-order valence-corrected chi connectivity index (χ1v) is 8.96. The molecule has 26 heavy (non-hydrogen) atoms. The number of hydrogen-bond acceptors (Lipinski definition) is 5. The maximum atomic E-state index is 12.9. The Morgan fingerprint density at radius 1 is 1.19 bits per heavy atom. The minimum Gasteiger partial charge on any atom is -0.493 e. The SMILES string of the molecule is Cc1cccc(OCCc2nnc(NC(=O)Cc3ccc(F)cc3)s2)c1. The Hall–Kier alpha value is -2.80. The number of ether oxygens (including phenoxy) is 1. The molecule has 7 heteroatoms. The summed E-state index contributed by atoms with van der Waals surface area (Å²) in [6.07, 6.45) is 0.769. The van der Waals surface area contributed by atoms with Crippen LogP contribution in [0.15, 0.2) is 48.5 Å². The van der Waals surface area contributed by atoms with Gasteiger partial charge in [0.1, 0.15) is 16.6 Å². The van der Waals surface area contributed by atoms with E-state index in [9.17, 15) is 9.18 Å². The molecule has 2 aromatic carbocycles.